The number of carbonyl (C=O) groups is 2. The molecule has 6 rings (SSSR count). The number of hydrogen-bond acceptors (Lipinski definition) is 8. The van der Waals surface area contributed by atoms with Gasteiger partial charge in [-0.2, -0.15) is 5.10 Å². The maximum atomic E-state index is 13.6. The Labute approximate surface area is 247 Å². The number of carbonyl (C=O) groups excluding carboxylic acids is 2. The number of hydrogen-bond donors (Lipinski definition) is 0. The number of esters is 1. The normalized spacial score (nSPS) is 17.9. The molecule has 2 aliphatic heterocycles. The Hall–Kier alpha value is -4.47. The Balaban J connectivity index is 1.35. The summed E-state index contributed by atoms with van der Waals surface area (Å²) in [5.74, 6) is 0.413. The van der Waals surface area contributed by atoms with Crippen LogP contribution in [-0.2, 0) is 9.59 Å². The van der Waals surface area contributed by atoms with Crippen LogP contribution in [0.5, 0.6) is 11.5 Å². The van der Waals surface area contributed by atoms with E-state index in [-0.39, 0.29) is 11.9 Å². The van der Waals surface area contributed by atoms with Gasteiger partial charge in [0, 0.05) is 25.6 Å². The van der Waals surface area contributed by atoms with Gasteiger partial charge < -0.3 is 9.47 Å². The van der Waals surface area contributed by atoms with Crippen LogP contribution in [0.3, 0.4) is 0 Å². The van der Waals surface area contributed by atoms with Gasteiger partial charge in [0.25, 0.3) is 5.91 Å². The number of benzene rings is 4. The molecule has 1 atom stereocenters. The predicted molar refractivity (Wildman–Crippen MR) is 166 cm³/mol. The molecule has 1 amide bonds. The van der Waals surface area contributed by atoms with E-state index < -0.39 is 5.97 Å². The van der Waals surface area contributed by atoms with Gasteiger partial charge in [0.1, 0.15) is 11.5 Å². The molecular weight excluding hydrogens is 555 g/mol. The molecule has 0 aromatic heterocycles. The molecule has 1 unspecified atom stereocenters. The number of thioether (sulfide) groups is 1. The molecule has 4 aromatic rings. The summed E-state index contributed by atoms with van der Waals surface area (Å²) in [4.78, 5) is 26.9. The minimum absolute atomic E-state index is 0.127. The van der Waals surface area contributed by atoms with Gasteiger partial charge in [0.2, 0.25) is 0 Å². The van der Waals surface area contributed by atoms with Gasteiger partial charge in [-0.3, -0.25) is 19.5 Å². The number of hydrazone groups is 1. The summed E-state index contributed by atoms with van der Waals surface area (Å²) in [6, 6.07) is 29.1. The van der Waals surface area contributed by atoms with Crippen molar-refractivity contribution >= 4 is 62.3 Å². The first kappa shape index (κ1) is 26.7. The van der Waals surface area contributed by atoms with Crippen molar-refractivity contribution in [1.29, 1.82) is 0 Å². The maximum Gasteiger partial charge on any atom is 0.308 e. The molecule has 2 heterocycles. The van der Waals surface area contributed by atoms with Gasteiger partial charge >= 0.3 is 5.97 Å². The number of ether oxygens (including phenoxy) is 2. The third-order valence-electron chi connectivity index (χ3n) is 6.91. The van der Waals surface area contributed by atoms with Crippen molar-refractivity contribution in [2.45, 2.75) is 19.4 Å². The van der Waals surface area contributed by atoms with Crippen LogP contribution in [0, 0.1) is 0 Å². The van der Waals surface area contributed by atoms with E-state index in [9.17, 15) is 9.59 Å². The van der Waals surface area contributed by atoms with Gasteiger partial charge in [-0.15, -0.1) is 0 Å². The molecule has 9 heteroatoms. The van der Waals surface area contributed by atoms with Crippen molar-refractivity contribution in [1.82, 2.24) is 5.01 Å². The second kappa shape index (κ2) is 11.2. The lowest BCUT2D eigenvalue weighted by atomic mass is 9.97. The Morgan fingerprint density at radius 2 is 1.76 bits per heavy atom. The van der Waals surface area contributed by atoms with E-state index >= 15 is 0 Å². The van der Waals surface area contributed by atoms with Crippen LogP contribution in [0.25, 0.3) is 10.8 Å². The molecule has 0 aliphatic carbocycles. The second-order valence-electron chi connectivity index (χ2n) is 9.57. The zero-order chi connectivity index (χ0) is 28.5. The first-order valence-corrected chi connectivity index (χ1v) is 14.2. The van der Waals surface area contributed by atoms with Crippen LogP contribution in [0.1, 0.15) is 30.5 Å². The zero-order valence-corrected chi connectivity index (χ0v) is 23.9. The van der Waals surface area contributed by atoms with E-state index in [2.05, 4.69) is 30.3 Å². The molecule has 1 fully saturated rings. The third kappa shape index (κ3) is 5.46. The molecule has 0 radical (unpaired) electrons. The molecule has 41 heavy (non-hydrogen) atoms. The Morgan fingerprint density at radius 3 is 2.51 bits per heavy atom. The number of amides is 1. The van der Waals surface area contributed by atoms with Crippen LogP contribution in [0.2, 0.25) is 0 Å². The van der Waals surface area contributed by atoms with Crippen molar-refractivity contribution in [2.75, 3.05) is 12.0 Å². The number of fused-ring (bicyclic) bond motifs is 1. The van der Waals surface area contributed by atoms with Crippen molar-refractivity contribution < 1.29 is 19.1 Å². The molecule has 1 saturated heterocycles. The van der Waals surface area contributed by atoms with Gasteiger partial charge in [-0.1, -0.05) is 78.6 Å². The summed E-state index contributed by atoms with van der Waals surface area (Å²) in [5.41, 5.74) is 3.54. The van der Waals surface area contributed by atoms with Crippen LogP contribution in [0.4, 0.5) is 5.69 Å². The highest BCUT2D eigenvalue weighted by molar-refractivity contribution is 8.27. The van der Waals surface area contributed by atoms with Crippen LogP contribution in [0.15, 0.2) is 107 Å². The van der Waals surface area contributed by atoms with Crippen molar-refractivity contribution in [3.8, 4) is 11.5 Å². The second-order valence-corrected chi connectivity index (χ2v) is 11.3. The summed E-state index contributed by atoms with van der Waals surface area (Å²) in [5, 5.41) is 9.15. The first-order chi connectivity index (χ1) is 19.9. The molecule has 4 aromatic carbocycles. The van der Waals surface area contributed by atoms with Crippen molar-refractivity contribution in [3.05, 3.63) is 113 Å². The fourth-order valence-electron chi connectivity index (χ4n) is 4.94. The van der Waals surface area contributed by atoms with Gasteiger partial charge in [-0.05, 0) is 52.2 Å². The van der Waals surface area contributed by atoms with E-state index in [4.69, 9.17) is 26.8 Å². The third-order valence-corrected chi connectivity index (χ3v) is 8.20. The summed E-state index contributed by atoms with van der Waals surface area (Å²) in [6.07, 6.45) is 2.43. The summed E-state index contributed by atoms with van der Waals surface area (Å²) in [6.45, 7) is 1.33. The monoisotopic (exact) mass is 579 g/mol. The first-order valence-electron chi connectivity index (χ1n) is 12.9. The lowest BCUT2D eigenvalue weighted by Crippen LogP contribution is -2.28. The molecule has 204 valence electrons. The van der Waals surface area contributed by atoms with E-state index in [1.54, 1.807) is 37.6 Å². The minimum Gasteiger partial charge on any atom is -0.497 e. The quantitative estimate of drug-likeness (QED) is 0.107. The molecule has 0 saturated carbocycles. The lowest BCUT2D eigenvalue weighted by Gasteiger charge is -2.21. The Bertz CT molecular complexity index is 1750. The molecule has 0 bridgehead atoms. The van der Waals surface area contributed by atoms with Crippen LogP contribution >= 0.6 is 24.0 Å². The highest BCUT2D eigenvalue weighted by Gasteiger charge is 2.36. The van der Waals surface area contributed by atoms with Gasteiger partial charge in [0.05, 0.1) is 29.5 Å². The number of methoxy groups -OCH3 is 1. The number of rotatable bonds is 6. The number of nitrogens with zero attached hydrogens (tertiary/aromatic N) is 3. The van der Waals surface area contributed by atoms with E-state index in [1.807, 2.05) is 41.4 Å². The summed E-state index contributed by atoms with van der Waals surface area (Å²) >= 11 is 6.81. The zero-order valence-electron chi connectivity index (χ0n) is 22.3. The van der Waals surface area contributed by atoms with Crippen molar-refractivity contribution in [3.63, 3.8) is 0 Å². The maximum absolute atomic E-state index is 13.6. The SMILES string of the molecule is COc1ccc(C2CC(c3ccc4ccccc4c3)=NN2/C=C2\SC(=S)N(c3cccc(OC(C)=O)c3)C2=O)cc1. The summed E-state index contributed by atoms with van der Waals surface area (Å²) < 4.78 is 10.9. The summed E-state index contributed by atoms with van der Waals surface area (Å²) in [7, 11) is 1.64. The van der Waals surface area contributed by atoms with E-state index in [0.717, 1.165) is 28.0 Å². The fraction of sp³-hybridized carbons (Fsp3) is 0.125. The fourth-order valence-corrected chi connectivity index (χ4v) is 6.20. The Morgan fingerprint density at radius 1 is 0.976 bits per heavy atom. The average Bonchev–Trinajstić information content (AvgIpc) is 3.52. The van der Waals surface area contributed by atoms with Crippen molar-refractivity contribution in [2.24, 2.45) is 5.10 Å². The standard InChI is InChI=1S/C32H25N3O4S2/c1-20(36)39-27-9-5-8-25(17-27)35-31(37)30(41-32(35)40)19-34-29(22-12-14-26(38-2)15-13-22)18-28(33-34)24-11-10-21-6-3-4-7-23(21)16-24/h3-17,19,29H,18H2,1-2H3/b30-19-. The molecule has 0 N–H and O–H groups in total. The molecule has 7 nitrogen and oxygen atoms in total. The van der Waals surface area contributed by atoms with Crippen LogP contribution < -0.4 is 14.4 Å². The molecular formula is C32H25N3O4S2. The average molecular weight is 580 g/mol. The van der Waals surface area contributed by atoms with Gasteiger partial charge in [0.15, 0.2) is 4.32 Å². The smallest absolute Gasteiger partial charge is 0.308 e. The topological polar surface area (TPSA) is 71.4 Å². The van der Waals surface area contributed by atoms with E-state index in [0.29, 0.717) is 27.1 Å². The number of thiocarbonyl (C=S) groups is 1. The van der Waals surface area contributed by atoms with Crippen LogP contribution in [-0.4, -0.2) is 34.0 Å². The molecule has 2 aliphatic rings. The highest BCUT2D eigenvalue weighted by atomic mass is 32.2. The van der Waals surface area contributed by atoms with Gasteiger partial charge in [-0.25, -0.2) is 0 Å². The highest BCUT2D eigenvalue weighted by Crippen LogP contribution is 2.40. The van der Waals surface area contributed by atoms with E-state index in [1.165, 1.54) is 29.0 Å². The largest absolute Gasteiger partial charge is 0.497 e. The lowest BCUT2D eigenvalue weighted by molar-refractivity contribution is -0.131. The predicted octanol–water partition coefficient (Wildman–Crippen LogP) is 6.83. The minimum atomic E-state index is -0.439. The number of anilines is 1. The Kier molecular flexibility index (Phi) is 7.30. The molecule has 0 spiro atoms.